The van der Waals surface area contributed by atoms with E-state index in [1.165, 1.54) is 0 Å². The molecule has 16 heavy (non-hydrogen) atoms. The molecule has 2 nitrogen and oxygen atoms in total. The molecule has 0 aliphatic heterocycles. The fraction of sp³-hybridized carbons (Fsp3) is 0.500. The zero-order valence-electron chi connectivity index (χ0n) is 9.50. The van der Waals surface area contributed by atoms with Crippen molar-refractivity contribution in [3.63, 3.8) is 0 Å². The smallest absolute Gasteiger partial charge is 0.0627 e. The second-order valence-electron chi connectivity index (χ2n) is 3.88. The first-order valence-corrected chi connectivity index (χ1v) is 6.16. The van der Waals surface area contributed by atoms with Gasteiger partial charge in [0.2, 0.25) is 0 Å². The van der Waals surface area contributed by atoms with Gasteiger partial charge in [0.25, 0.3) is 0 Å². The molecule has 1 aromatic carbocycles. The van der Waals surface area contributed by atoms with Gasteiger partial charge in [-0.3, -0.25) is 0 Å². The summed E-state index contributed by atoms with van der Waals surface area (Å²) >= 11 is 11.9. The number of aliphatic hydroxyl groups is 1. The van der Waals surface area contributed by atoms with Crippen molar-refractivity contribution in [3.05, 3.63) is 33.8 Å². The molecule has 1 rings (SSSR count). The Kier molecular flexibility index (Phi) is 5.56. The molecule has 4 heteroatoms. The molecule has 0 aliphatic rings. The Morgan fingerprint density at radius 1 is 1.38 bits per heavy atom. The molecule has 2 unspecified atom stereocenters. The second kappa shape index (κ2) is 6.45. The topological polar surface area (TPSA) is 32.3 Å². The van der Waals surface area contributed by atoms with E-state index in [1.54, 1.807) is 12.1 Å². The molecule has 0 amide bonds. The first-order chi connectivity index (χ1) is 7.58. The van der Waals surface area contributed by atoms with Gasteiger partial charge in [0.1, 0.15) is 0 Å². The zero-order chi connectivity index (χ0) is 12.1. The first kappa shape index (κ1) is 13.8. The number of aliphatic hydroxyl groups excluding tert-OH is 1. The Morgan fingerprint density at radius 3 is 2.56 bits per heavy atom. The van der Waals surface area contributed by atoms with Crippen molar-refractivity contribution in [1.82, 2.24) is 5.32 Å². The molecule has 0 saturated heterocycles. The van der Waals surface area contributed by atoms with Crippen molar-refractivity contribution >= 4 is 23.2 Å². The first-order valence-electron chi connectivity index (χ1n) is 5.40. The molecule has 0 aromatic heterocycles. The summed E-state index contributed by atoms with van der Waals surface area (Å²) in [7, 11) is 0. The van der Waals surface area contributed by atoms with Gasteiger partial charge in [0.15, 0.2) is 0 Å². The summed E-state index contributed by atoms with van der Waals surface area (Å²) in [4.78, 5) is 0. The molecule has 0 saturated carbocycles. The van der Waals surface area contributed by atoms with Crippen LogP contribution >= 0.6 is 23.2 Å². The van der Waals surface area contributed by atoms with E-state index in [-0.39, 0.29) is 12.6 Å². The minimum Gasteiger partial charge on any atom is -0.394 e. The Labute approximate surface area is 107 Å². The molecule has 2 atom stereocenters. The zero-order valence-corrected chi connectivity index (χ0v) is 11.0. The minimum absolute atomic E-state index is 0.0195. The lowest BCUT2D eigenvalue weighted by atomic mass is 10.1. The highest BCUT2D eigenvalue weighted by atomic mass is 35.5. The highest BCUT2D eigenvalue weighted by Crippen LogP contribution is 2.26. The number of halogens is 2. The molecule has 0 bridgehead atoms. The monoisotopic (exact) mass is 261 g/mol. The molecule has 2 N–H and O–H groups in total. The summed E-state index contributed by atoms with van der Waals surface area (Å²) < 4.78 is 0. The van der Waals surface area contributed by atoms with Crippen LogP contribution in [0.2, 0.25) is 10.0 Å². The third-order valence-corrected chi connectivity index (χ3v) is 3.18. The molecule has 1 aromatic rings. The van der Waals surface area contributed by atoms with E-state index in [1.807, 2.05) is 6.07 Å². The average molecular weight is 262 g/mol. The lowest BCUT2D eigenvalue weighted by molar-refractivity contribution is 0.234. The van der Waals surface area contributed by atoms with Gasteiger partial charge in [0, 0.05) is 16.1 Å². The predicted octanol–water partition coefficient (Wildman–Crippen LogP) is 3.41. The van der Waals surface area contributed by atoms with Gasteiger partial charge in [-0.25, -0.2) is 0 Å². The summed E-state index contributed by atoms with van der Waals surface area (Å²) in [6.07, 6.45) is 1.00. The van der Waals surface area contributed by atoms with Crippen molar-refractivity contribution in [2.75, 3.05) is 6.61 Å². The van der Waals surface area contributed by atoms with Gasteiger partial charge < -0.3 is 10.4 Å². The Balaban J connectivity index is 2.86. The number of hydrogen-bond donors (Lipinski definition) is 2. The van der Waals surface area contributed by atoms with Crippen LogP contribution in [0.4, 0.5) is 0 Å². The molecular formula is C12H17Cl2NO. The number of rotatable bonds is 5. The number of nitrogens with one attached hydrogen (secondary N) is 1. The number of benzene rings is 1. The summed E-state index contributed by atoms with van der Waals surface area (Å²) in [5.41, 5.74) is 0.883. The minimum atomic E-state index is -0.139. The lowest BCUT2D eigenvalue weighted by Crippen LogP contribution is -2.32. The van der Waals surface area contributed by atoms with E-state index in [9.17, 15) is 5.11 Å². The molecule has 90 valence electrons. The third-order valence-electron chi connectivity index (χ3n) is 2.62. The van der Waals surface area contributed by atoms with Crippen molar-refractivity contribution in [1.29, 1.82) is 0 Å². The van der Waals surface area contributed by atoms with Crippen molar-refractivity contribution in [2.24, 2.45) is 0 Å². The normalized spacial score (nSPS) is 14.8. The van der Waals surface area contributed by atoms with Crippen LogP contribution in [0.5, 0.6) is 0 Å². The Bertz CT molecular complexity index is 344. The van der Waals surface area contributed by atoms with E-state index in [0.717, 1.165) is 12.0 Å². The molecule has 0 fully saturated rings. The fourth-order valence-corrected chi connectivity index (χ4v) is 2.03. The van der Waals surface area contributed by atoms with Crippen LogP contribution in [-0.2, 0) is 0 Å². The van der Waals surface area contributed by atoms with E-state index in [4.69, 9.17) is 23.2 Å². The van der Waals surface area contributed by atoms with Gasteiger partial charge in [0.05, 0.1) is 12.6 Å². The molecular weight excluding hydrogens is 245 g/mol. The van der Waals surface area contributed by atoms with Gasteiger partial charge in [-0.05, 0) is 31.0 Å². The lowest BCUT2D eigenvalue weighted by Gasteiger charge is -2.22. The maximum atomic E-state index is 9.36. The molecule has 0 radical (unpaired) electrons. The van der Waals surface area contributed by atoms with Gasteiger partial charge >= 0.3 is 0 Å². The maximum Gasteiger partial charge on any atom is 0.0627 e. The van der Waals surface area contributed by atoms with Crippen LogP contribution in [0.1, 0.15) is 31.9 Å². The Morgan fingerprint density at radius 2 is 2.06 bits per heavy atom. The van der Waals surface area contributed by atoms with E-state index in [0.29, 0.717) is 16.1 Å². The fourth-order valence-electron chi connectivity index (χ4n) is 1.49. The number of hydrogen-bond acceptors (Lipinski definition) is 2. The van der Waals surface area contributed by atoms with Crippen LogP contribution in [0.3, 0.4) is 0 Å². The summed E-state index contributed by atoms with van der Waals surface area (Å²) in [6, 6.07) is 5.52. The van der Waals surface area contributed by atoms with Crippen molar-refractivity contribution < 1.29 is 5.11 Å². The van der Waals surface area contributed by atoms with Crippen LogP contribution in [0.15, 0.2) is 18.2 Å². The highest BCUT2D eigenvalue weighted by Gasteiger charge is 2.15. The standard InChI is InChI=1S/C12H17Cl2NO/c1-3-8(2)15-12(7-16)10-5-4-9(13)6-11(10)14/h4-6,8,12,15-16H,3,7H2,1-2H3. The van der Waals surface area contributed by atoms with Crippen molar-refractivity contribution in [2.45, 2.75) is 32.4 Å². The maximum absolute atomic E-state index is 9.36. The molecule has 0 aliphatic carbocycles. The predicted molar refractivity (Wildman–Crippen MR) is 69.2 cm³/mol. The summed E-state index contributed by atoms with van der Waals surface area (Å²) in [5, 5.41) is 13.9. The SMILES string of the molecule is CCC(C)NC(CO)c1ccc(Cl)cc1Cl. The summed E-state index contributed by atoms with van der Waals surface area (Å²) in [5.74, 6) is 0. The van der Waals surface area contributed by atoms with E-state index < -0.39 is 0 Å². The third kappa shape index (κ3) is 3.63. The van der Waals surface area contributed by atoms with Gasteiger partial charge in [-0.1, -0.05) is 36.2 Å². The average Bonchev–Trinajstić information content (AvgIpc) is 2.26. The quantitative estimate of drug-likeness (QED) is 0.852. The summed E-state index contributed by atoms with van der Waals surface area (Å²) in [6.45, 7) is 4.19. The second-order valence-corrected chi connectivity index (χ2v) is 4.72. The van der Waals surface area contributed by atoms with Crippen molar-refractivity contribution in [3.8, 4) is 0 Å². The van der Waals surface area contributed by atoms with Crippen LogP contribution in [-0.4, -0.2) is 17.8 Å². The Hall–Kier alpha value is -0.280. The highest BCUT2D eigenvalue weighted by molar-refractivity contribution is 6.35. The molecule has 0 spiro atoms. The van der Waals surface area contributed by atoms with Crippen LogP contribution in [0.25, 0.3) is 0 Å². The largest absolute Gasteiger partial charge is 0.394 e. The molecule has 0 heterocycles. The van der Waals surface area contributed by atoms with Gasteiger partial charge in [-0.2, -0.15) is 0 Å². The van der Waals surface area contributed by atoms with E-state index >= 15 is 0 Å². The van der Waals surface area contributed by atoms with Crippen LogP contribution < -0.4 is 5.32 Å². The van der Waals surface area contributed by atoms with Gasteiger partial charge in [-0.15, -0.1) is 0 Å². The van der Waals surface area contributed by atoms with E-state index in [2.05, 4.69) is 19.2 Å². The van der Waals surface area contributed by atoms with Crippen LogP contribution in [0, 0.1) is 0 Å².